The van der Waals surface area contributed by atoms with E-state index in [0.29, 0.717) is 6.54 Å². The molecule has 7 nitrogen and oxygen atoms in total. The van der Waals surface area contributed by atoms with E-state index in [1.165, 1.54) is 4.90 Å². The van der Waals surface area contributed by atoms with Gasteiger partial charge in [0.2, 0.25) is 0 Å². The summed E-state index contributed by atoms with van der Waals surface area (Å²) in [6, 6.07) is -1.35. The van der Waals surface area contributed by atoms with Gasteiger partial charge in [0.25, 0.3) is 0 Å². The van der Waals surface area contributed by atoms with Crippen LogP contribution in [0, 0.1) is 5.92 Å². The van der Waals surface area contributed by atoms with Gasteiger partial charge in [0.05, 0.1) is 5.75 Å². The molecule has 2 unspecified atom stereocenters. The number of amides is 2. The second kappa shape index (κ2) is 6.92. The van der Waals surface area contributed by atoms with Gasteiger partial charge < -0.3 is 15.3 Å². The molecule has 0 aliphatic carbocycles. The number of carbonyl (C=O) groups is 2. The molecule has 1 rings (SSSR count). The van der Waals surface area contributed by atoms with Crippen molar-refractivity contribution in [2.75, 3.05) is 24.6 Å². The van der Waals surface area contributed by atoms with Crippen molar-refractivity contribution >= 4 is 21.8 Å². The van der Waals surface area contributed by atoms with Gasteiger partial charge in [-0.3, -0.25) is 0 Å². The van der Waals surface area contributed by atoms with Crippen LogP contribution in [-0.4, -0.2) is 61.1 Å². The lowest BCUT2D eigenvalue weighted by Gasteiger charge is -2.37. The van der Waals surface area contributed by atoms with E-state index in [-0.39, 0.29) is 24.0 Å². The van der Waals surface area contributed by atoms with Crippen molar-refractivity contribution < 1.29 is 23.1 Å². The van der Waals surface area contributed by atoms with Crippen molar-refractivity contribution in [3.05, 3.63) is 0 Å². The number of hydrogen-bond donors (Lipinski definition) is 2. The molecule has 8 heteroatoms. The molecule has 0 aromatic heterocycles. The molecule has 20 heavy (non-hydrogen) atoms. The number of nitrogens with zero attached hydrogens (tertiary/aromatic N) is 1. The quantitative estimate of drug-likeness (QED) is 0.761. The average molecular weight is 306 g/mol. The summed E-state index contributed by atoms with van der Waals surface area (Å²) < 4.78 is 22.6. The molecule has 116 valence electrons. The number of carboxylic acid groups (broad SMARTS) is 1. The summed E-state index contributed by atoms with van der Waals surface area (Å²) in [5, 5.41) is 11.7. The summed E-state index contributed by atoms with van der Waals surface area (Å²) in [5.74, 6) is -1.22. The highest BCUT2D eigenvalue weighted by atomic mass is 32.2. The third-order valence-corrected chi connectivity index (χ3v) is 5.28. The highest BCUT2D eigenvalue weighted by Gasteiger charge is 2.36. The van der Waals surface area contributed by atoms with Crippen LogP contribution in [-0.2, 0) is 14.6 Å². The zero-order chi connectivity index (χ0) is 15.3. The van der Waals surface area contributed by atoms with Gasteiger partial charge in [-0.1, -0.05) is 13.8 Å². The summed E-state index contributed by atoms with van der Waals surface area (Å²) in [5.41, 5.74) is 0. The fourth-order valence-corrected chi connectivity index (χ4v) is 3.05. The summed E-state index contributed by atoms with van der Waals surface area (Å²) in [4.78, 5) is 24.5. The van der Waals surface area contributed by atoms with Gasteiger partial charge in [0, 0.05) is 18.8 Å². The van der Waals surface area contributed by atoms with Crippen LogP contribution >= 0.6 is 0 Å². The highest BCUT2D eigenvalue weighted by Crippen LogP contribution is 2.23. The maximum atomic E-state index is 12.0. The van der Waals surface area contributed by atoms with Gasteiger partial charge in [-0.25, -0.2) is 18.0 Å². The van der Waals surface area contributed by atoms with Crippen molar-refractivity contribution in [1.29, 1.82) is 0 Å². The average Bonchev–Trinajstić information content (AvgIpc) is 2.37. The first-order chi connectivity index (χ1) is 9.28. The first kappa shape index (κ1) is 16.7. The molecule has 2 N–H and O–H groups in total. The zero-order valence-corrected chi connectivity index (χ0v) is 12.6. The lowest BCUT2D eigenvalue weighted by atomic mass is 9.91. The van der Waals surface area contributed by atoms with Crippen molar-refractivity contribution in [2.45, 2.75) is 32.7 Å². The Hall–Kier alpha value is -1.31. The third-order valence-electron chi connectivity index (χ3n) is 3.58. The predicted molar refractivity (Wildman–Crippen MR) is 74.3 cm³/mol. The number of carbonyl (C=O) groups excluding carboxylic acids is 1. The van der Waals surface area contributed by atoms with Crippen molar-refractivity contribution in [1.82, 2.24) is 10.2 Å². The summed E-state index contributed by atoms with van der Waals surface area (Å²) in [7, 11) is -3.14. The van der Waals surface area contributed by atoms with Crippen LogP contribution in [0.3, 0.4) is 0 Å². The minimum atomic E-state index is -3.14. The van der Waals surface area contributed by atoms with E-state index in [2.05, 4.69) is 5.32 Å². The number of carboxylic acids is 1. The highest BCUT2D eigenvalue weighted by molar-refractivity contribution is 7.91. The number of rotatable bonds is 5. The van der Waals surface area contributed by atoms with Gasteiger partial charge in [-0.2, -0.15) is 0 Å². The molecule has 0 bridgehead atoms. The molecule has 1 aliphatic heterocycles. The first-order valence-corrected chi connectivity index (χ1v) is 8.58. The van der Waals surface area contributed by atoms with E-state index in [1.54, 1.807) is 13.8 Å². The largest absolute Gasteiger partial charge is 0.480 e. The maximum absolute atomic E-state index is 12.0. The van der Waals surface area contributed by atoms with E-state index in [4.69, 9.17) is 0 Å². The van der Waals surface area contributed by atoms with Crippen LogP contribution in [0.2, 0.25) is 0 Å². The number of piperidine rings is 1. The van der Waals surface area contributed by atoms with E-state index in [1.807, 2.05) is 0 Å². The first-order valence-electron chi connectivity index (χ1n) is 6.76. The van der Waals surface area contributed by atoms with Crippen LogP contribution < -0.4 is 5.32 Å². The minimum absolute atomic E-state index is 0.00618. The minimum Gasteiger partial charge on any atom is -0.480 e. The summed E-state index contributed by atoms with van der Waals surface area (Å²) in [6.07, 6.45) is 1.52. The Balaban J connectivity index is 2.59. The fourth-order valence-electron chi connectivity index (χ4n) is 2.35. The van der Waals surface area contributed by atoms with E-state index in [9.17, 15) is 23.1 Å². The second-order valence-corrected chi connectivity index (χ2v) is 7.54. The number of aliphatic carboxylic acids is 1. The molecule has 0 saturated carbocycles. The molecule has 0 aromatic carbocycles. The van der Waals surface area contributed by atoms with E-state index in [0.717, 1.165) is 12.8 Å². The van der Waals surface area contributed by atoms with Crippen LogP contribution in [0.25, 0.3) is 0 Å². The Morgan fingerprint density at radius 3 is 2.60 bits per heavy atom. The Labute approximate surface area is 119 Å². The second-order valence-electron chi connectivity index (χ2n) is 5.06. The Morgan fingerprint density at radius 2 is 2.05 bits per heavy atom. The zero-order valence-electron chi connectivity index (χ0n) is 11.8. The molecule has 0 spiro atoms. The molecule has 1 aliphatic rings. The van der Waals surface area contributed by atoms with Crippen molar-refractivity contribution in [3.63, 3.8) is 0 Å². The Kier molecular flexibility index (Phi) is 5.79. The van der Waals surface area contributed by atoms with E-state index < -0.39 is 27.9 Å². The molecule has 1 heterocycles. The Morgan fingerprint density at radius 1 is 1.40 bits per heavy atom. The smallest absolute Gasteiger partial charge is 0.326 e. The predicted octanol–water partition coefficient (Wildman–Crippen LogP) is 0.316. The standard InChI is InChI=1S/C12H22N2O5S/c1-3-20(18,19)8-6-13-12(17)14-7-4-5-9(2)10(14)11(15)16/h9-10H,3-8H2,1-2H3,(H,13,17)(H,15,16). The topological polar surface area (TPSA) is 104 Å². The van der Waals surface area contributed by atoms with Crippen LogP contribution in [0.5, 0.6) is 0 Å². The normalized spacial score (nSPS) is 23.4. The lowest BCUT2D eigenvalue weighted by molar-refractivity contribution is -0.145. The number of hydrogen-bond acceptors (Lipinski definition) is 4. The van der Waals surface area contributed by atoms with Crippen LogP contribution in [0.15, 0.2) is 0 Å². The third kappa shape index (κ3) is 4.36. The van der Waals surface area contributed by atoms with Gasteiger partial charge in [-0.15, -0.1) is 0 Å². The molecule has 2 atom stereocenters. The molecule has 1 fully saturated rings. The Bertz CT molecular complexity index is 462. The molecule has 0 aromatic rings. The molecular formula is C12H22N2O5S. The number of sulfone groups is 1. The van der Waals surface area contributed by atoms with Crippen LogP contribution in [0.1, 0.15) is 26.7 Å². The molecule has 2 amide bonds. The van der Waals surface area contributed by atoms with Gasteiger partial charge in [-0.05, 0) is 18.8 Å². The summed E-state index contributed by atoms with van der Waals surface area (Å²) in [6.45, 7) is 3.74. The van der Waals surface area contributed by atoms with E-state index >= 15 is 0 Å². The summed E-state index contributed by atoms with van der Waals surface area (Å²) >= 11 is 0. The number of nitrogens with one attached hydrogen (secondary N) is 1. The maximum Gasteiger partial charge on any atom is 0.326 e. The van der Waals surface area contributed by atoms with Crippen molar-refractivity contribution in [3.8, 4) is 0 Å². The van der Waals surface area contributed by atoms with Gasteiger partial charge in [0.1, 0.15) is 6.04 Å². The fraction of sp³-hybridized carbons (Fsp3) is 0.833. The number of urea groups is 1. The van der Waals surface area contributed by atoms with Crippen molar-refractivity contribution in [2.24, 2.45) is 5.92 Å². The lowest BCUT2D eigenvalue weighted by Crippen LogP contribution is -2.55. The SMILES string of the molecule is CCS(=O)(=O)CCNC(=O)N1CCCC(C)C1C(=O)O. The van der Waals surface area contributed by atoms with Gasteiger partial charge in [0.15, 0.2) is 9.84 Å². The van der Waals surface area contributed by atoms with Gasteiger partial charge >= 0.3 is 12.0 Å². The molecular weight excluding hydrogens is 284 g/mol. The monoisotopic (exact) mass is 306 g/mol. The molecule has 1 saturated heterocycles. The molecule has 0 radical (unpaired) electrons. The van der Waals surface area contributed by atoms with Crippen LogP contribution in [0.4, 0.5) is 4.79 Å². The number of likely N-dealkylation sites (tertiary alicyclic amines) is 1.